The van der Waals surface area contributed by atoms with Gasteiger partial charge in [0.05, 0.1) is 35.6 Å². The van der Waals surface area contributed by atoms with Crippen LogP contribution in [0.15, 0.2) is 71.8 Å². The van der Waals surface area contributed by atoms with Gasteiger partial charge in [0.2, 0.25) is 0 Å². The van der Waals surface area contributed by atoms with Crippen LogP contribution in [0.2, 0.25) is 0 Å². The summed E-state index contributed by atoms with van der Waals surface area (Å²) in [5.74, 6) is -5.36. The van der Waals surface area contributed by atoms with Crippen molar-refractivity contribution in [2.24, 2.45) is 16.7 Å². The molecular weight excluding hydrogens is 754 g/mol. The minimum Gasteiger partial charge on any atom is -0.456 e. The van der Waals surface area contributed by atoms with Gasteiger partial charge in [-0.2, -0.15) is 0 Å². The van der Waals surface area contributed by atoms with E-state index in [1.54, 1.807) is 83.1 Å². The molecule has 1 saturated heterocycles. The number of nitrogens with one attached hydrogen (secondary N) is 1. The molecule has 1 heterocycles. The van der Waals surface area contributed by atoms with Crippen molar-refractivity contribution < 1.29 is 68.1 Å². The van der Waals surface area contributed by atoms with E-state index in [1.807, 2.05) is 0 Å². The summed E-state index contributed by atoms with van der Waals surface area (Å²) in [7, 11) is 0. The summed E-state index contributed by atoms with van der Waals surface area (Å²) >= 11 is 0. The number of fused-ring (bicyclic) bond motifs is 5. The van der Waals surface area contributed by atoms with E-state index in [4.69, 9.17) is 23.7 Å². The van der Waals surface area contributed by atoms with Gasteiger partial charge in [-0.05, 0) is 63.5 Å². The number of hydrogen-bond acceptors (Lipinski definition) is 14. The number of amides is 1. The highest BCUT2D eigenvalue weighted by atomic mass is 16.6. The lowest BCUT2D eigenvalue weighted by molar-refractivity contribution is -0.346. The number of alkyl carbamates (subject to hydrolysis) is 1. The molecule has 3 unspecified atom stereocenters. The number of benzene rings is 2. The van der Waals surface area contributed by atoms with Gasteiger partial charge < -0.3 is 49.4 Å². The number of esters is 3. The number of Topliss-reactive ketones (excluding diaryl/α,β-unsaturated/α-hetero) is 1. The Kier molecular flexibility index (Phi) is 11.2. The predicted molar refractivity (Wildman–Crippen MR) is 204 cm³/mol. The van der Waals surface area contributed by atoms with Crippen molar-refractivity contribution in [3.8, 4) is 0 Å². The van der Waals surface area contributed by atoms with E-state index < -0.39 is 112 Å². The molecule has 11 atom stereocenters. The Morgan fingerprint density at radius 3 is 2.10 bits per heavy atom. The molecule has 2 aromatic carbocycles. The molecule has 0 spiro atoms. The smallest absolute Gasteiger partial charge is 0.408 e. The number of ketones is 1. The summed E-state index contributed by atoms with van der Waals surface area (Å²) in [6.45, 7) is 11.8. The Hall–Kier alpha value is -4.67. The Morgan fingerprint density at radius 1 is 0.948 bits per heavy atom. The summed E-state index contributed by atoms with van der Waals surface area (Å²) in [6.07, 6.45) is -11.5. The van der Waals surface area contributed by atoms with Gasteiger partial charge in [0.25, 0.3) is 0 Å². The first-order chi connectivity index (χ1) is 27.0. The number of aliphatic hydroxyl groups is 4. The standard InChI is InChI=1S/C43H53NO14/c1-22-26(55-37(51)32(48)30(24-15-11-9-12-16-24)44-38(52)58-39(3,4)5)20-43(53)35(56-36(50)25-17-13-10-14-18-25)33-41(8,34(49)31(47)29(22)40(43,6)7)27(46)19-28-42(33,21-54-28)57-23(2)45/h9-18,26-28,30-33,35,46-48,53H,19-21H2,1-8H3,(H,44,52)/t26?,27-,28-,30-,31+,32?,33+,35?,41+,42-,43+/m0/s1. The fourth-order valence-electron chi connectivity index (χ4n) is 9.56. The average molecular weight is 808 g/mol. The molecule has 3 fully saturated rings. The fourth-order valence-corrected chi connectivity index (χ4v) is 9.56. The molecule has 15 heteroatoms. The Bertz CT molecular complexity index is 1980. The van der Waals surface area contributed by atoms with E-state index in [0.717, 1.165) is 6.92 Å². The summed E-state index contributed by atoms with van der Waals surface area (Å²) in [6, 6.07) is 14.6. The van der Waals surface area contributed by atoms with Crippen molar-refractivity contribution in [1.82, 2.24) is 5.32 Å². The van der Waals surface area contributed by atoms with E-state index in [0.29, 0.717) is 5.56 Å². The maximum absolute atomic E-state index is 14.9. The molecule has 6 rings (SSSR count). The minimum absolute atomic E-state index is 0.0637. The van der Waals surface area contributed by atoms with Crippen molar-refractivity contribution >= 4 is 29.8 Å². The maximum atomic E-state index is 14.9. The predicted octanol–water partition coefficient (Wildman–Crippen LogP) is 3.26. The van der Waals surface area contributed by atoms with Gasteiger partial charge in [-0.1, -0.05) is 62.4 Å². The quantitative estimate of drug-likeness (QED) is 0.147. The van der Waals surface area contributed by atoms with Crippen molar-refractivity contribution in [3.05, 3.63) is 82.9 Å². The largest absolute Gasteiger partial charge is 0.456 e. The third kappa shape index (κ3) is 7.10. The summed E-state index contributed by atoms with van der Waals surface area (Å²) < 4.78 is 29.5. The maximum Gasteiger partial charge on any atom is 0.408 e. The second-order valence-corrected chi connectivity index (χ2v) is 17.6. The van der Waals surface area contributed by atoms with Gasteiger partial charge in [0.1, 0.15) is 35.6 Å². The lowest BCUT2D eigenvalue weighted by Crippen LogP contribution is -2.81. The molecule has 1 aliphatic heterocycles. The second-order valence-electron chi connectivity index (χ2n) is 17.6. The van der Waals surface area contributed by atoms with Crippen LogP contribution >= 0.6 is 0 Å². The zero-order valence-corrected chi connectivity index (χ0v) is 33.9. The van der Waals surface area contributed by atoms with E-state index in [9.17, 15) is 44.4 Å². The Morgan fingerprint density at radius 2 is 1.55 bits per heavy atom. The molecule has 1 amide bonds. The van der Waals surface area contributed by atoms with Gasteiger partial charge in [-0.25, -0.2) is 14.4 Å². The molecule has 4 aliphatic rings. The van der Waals surface area contributed by atoms with E-state index in [2.05, 4.69) is 5.32 Å². The number of rotatable bonds is 8. The van der Waals surface area contributed by atoms with Crippen molar-refractivity contribution in [1.29, 1.82) is 0 Å². The number of ether oxygens (including phenoxy) is 5. The number of carbonyl (C=O) groups is 5. The summed E-state index contributed by atoms with van der Waals surface area (Å²) in [5.41, 5.74) is -8.14. The first-order valence-electron chi connectivity index (χ1n) is 19.3. The third-order valence-electron chi connectivity index (χ3n) is 12.6. The SMILES string of the molecule is CC(=O)O[C@@]12CO[C@H]1C[C@H](O)[C@@]1(C)C(=O)[C@H](O)C3=C(C)C(OC(=O)C(O)[C@@H](NC(=O)OC(C)(C)C)c4ccccc4)C[C@@](O)(C(OC(=O)c4ccccc4)[C@@H]21)C3(C)C. The lowest BCUT2D eigenvalue weighted by atomic mass is 9.44. The van der Waals surface area contributed by atoms with Crippen molar-refractivity contribution in [2.75, 3.05) is 6.61 Å². The number of carbonyl (C=O) groups excluding carboxylic acids is 5. The zero-order valence-electron chi connectivity index (χ0n) is 33.9. The minimum atomic E-state index is -2.35. The molecule has 2 saturated carbocycles. The van der Waals surface area contributed by atoms with E-state index in [1.165, 1.54) is 26.0 Å². The van der Waals surface area contributed by atoms with Crippen LogP contribution in [0.3, 0.4) is 0 Å². The molecule has 5 N–H and O–H groups in total. The topological polar surface area (TPSA) is 224 Å². The van der Waals surface area contributed by atoms with Crippen LogP contribution in [-0.2, 0) is 38.1 Å². The Balaban J connectivity index is 1.49. The van der Waals surface area contributed by atoms with Crippen LogP contribution in [0, 0.1) is 16.7 Å². The molecule has 0 radical (unpaired) electrons. The fraction of sp³-hybridized carbons (Fsp3) is 0.558. The van der Waals surface area contributed by atoms with Gasteiger partial charge in [-0.3, -0.25) is 9.59 Å². The van der Waals surface area contributed by atoms with Gasteiger partial charge >= 0.3 is 24.0 Å². The number of hydrogen-bond donors (Lipinski definition) is 5. The average Bonchev–Trinajstić information content (AvgIpc) is 3.14. The van der Waals surface area contributed by atoms with Crippen LogP contribution in [0.4, 0.5) is 4.79 Å². The lowest BCUT2D eigenvalue weighted by Gasteiger charge is -2.67. The molecular formula is C43H53NO14. The second kappa shape index (κ2) is 15.2. The third-order valence-corrected chi connectivity index (χ3v) is 12.6. The monoisotopic (exact) mass is 807 g/mol. The molecule has 3 aliphatic carbocycles. The van der Waals surface area contributed by atoms with Gasteiger partial charge in [0, 0.05) is 25.2 Å². The first-order valence-corrected chi connectivity index (χ1v) is 19.3. The van der Waals surface area contributed by atoms with Crippen LogP contribution in [-0.4, -0.2) is 110 Å². The van der Waals surface area contributed by atoms with Gasteiger partial charge in [-0.15, -0.1) is 0 Å². The zero-order chi connectivity index (χ0) is 42.7. The van der Waals surface area contributed by atoms with Crippen LogP contribution < -0.4 is 5.32 Å². The molecule has 2 aromatic rings. The summed E-state index contributed by atoms with van der Waals surface area (Å²) in [4.78, 5) is 68.9. The molecule has 15 nitrogen and oxygen atoms in total. The summed E-state index contributed by atoms with van der Waals surface area (Å²) in [5, 5.41) is 51.6. The highest BCUT2D eigenvalue weighted by Gasteiger charge is 2.78. The molecule has 2 bridgehead atoms. The van der Waals surface area contributed by atoms with Crippen LogP contribution in [0.5, 0.6) is 0 Å². The number of aliphatic hydroxyl groups excluding tert-OH is 3. The van der Waals surface area contributed by atoms with Crippen molar-refractivity contribution in [3.63, 3.8) is 0 Å². The normalized spacial score (nSPS) is 33.7. The Labute approximate surface area is 336 Å². The molecule has 58 heavy (non-hydrogen) atoms. The molecule has 0 aromatic heterocycles. The highest BCUT2D eigenvalue weighted by molar-refractivity contribution is 5.94. The first kappa shape index (κ1) is 42.9. The van der Waals surface area contributed by atoms with E-state index in [-0.39, 0.29) is 29.7 Å². The van der Waals surface area contributed by atoms with Crippen LogP contribution in [0.25, 0.3) is 0 Å². The highest BCUT2D eigenvalue weighted by Crippen LogP contribution is 2.64. The van der Waals surface area contributed by atoms with E-state index >= 15 is 0 Å². The van der Waals surface area contributed by atoms with Crippen molar-refractivity contribution in [2.45, 2.75) is 128 Å². The molecule has 314 valence electrons. The van der Waals surface area contributed by atoms with Gasteiger partial charge in [0.15, 0.2) is 17.5 Å². The van der Waals surface area contributed by atoms with Crippen LogP contribution in [0.1, 0.15) is 90.2 Å².